The van der Waals surface area contributed by atoms with Gasteiger partial charge in [0.05, 0.1) is 6.10 Å². The summed E-state index contributed by atoms with van der Waals surface area (Å²) in [5, 5.41) is 3.46. The van der Waals surface area contributed by atoms with Crippen molar-refractivity contribution in [2.75, 3.05) is 33.3 Å². The lowest BCUT2D eigenvalue weighted by Crippen LogP contribution is -2.43. The van der Waals surface area contributed by atoms with Gasteiger partial charge in [0.15, 0.2) is 0 Å². The number of rotatable bonds is 4. The lowest BCUT2D eigenvalue weighted by molar-refractivity contribution is 0.0661. The number of hydrogen-bond donors (Lipinski definition) is 1. The third kappa shape index (κ3) is 3.44. The lowest BCUT2D eigenvalue weighted by Gasteiger charge is -2.27. The summed E-state index contributed by atoms with van der Waals surface area (Å²) in [4.78, 5) is 2.57. The zero-order chi connectivity index (χ0) is 10.7. The Balaban J connectivity index is 1.80. The first-order valence-corrected chi connectivity index (χ1v) is 6.31. The first kappa shape index (κ1) is 11.4. The molecule has 0 radical (unpaired) electrons. The quantitative estimate of drug-likeness (QED) is 0.755. The van der Waals surface area contributed by atoms with Gasteiger partial charge in [0.1, 0.15) is 0 Å². The van der Waals surface area contributed by atoms with Gasteiger partial charge in [-0.2, -0.15) is 0 Å². The maximum Gasteiger partial charge on any atom is 0.0673 e. The summed E-state index contributed by atoms with van der Waals surface area (Å²) in [7, 11) is 2.10. The van der Waals surface area contributed by atoms with Gasteiger partial charge in [0.2, 0.25) is 0 Å². The first-order valence-electron chi connectivity index (χ1n) is 6.31. The number of nitrogens with zero attached hydrogens (tertiary/aromatic N) is 1. The minimum atomic E-state index is 0.407. The van der Waals surface area contributed by atoms with Crippen molar-refractivity contribution in [1.82, 2.24) is 10.2 Å². The molecule has 0 aromatic rings. The summed E-state index contributed by atoms with van der Waals surface area (Å²) in [6, 6.07) is 0.704. The predicted octanol–water partition coefficient (Wildman–Crippen LogP) is 1.10. The Kier molecular flexibility index (Phi) is 4.00. The van der Waals surface area contributed by atoms with Crippen LogP contribution in [0.4, 0.5) is 0 Å². The molecule has 2 rings (SSSR count). The highest BCUT2D eigenvalue weighted by Gasteiger charge is 2.31. The largest absolute Gasteiger partial charge is 0.377 e. The van der Waals surface area contributed by atoms with Crippen LogP contribution < -0.4 is 5.32 Å². The third-order valence-corrected chi connectivity index (χ3v) is 3.55. The third-order valence-electron chi connectivity index (χ3n) is 3.55. The molecule has 1 saturated carbocycles. The van der Waals surface area contributed by atoms with E-state index in [4.69, 9.17) is 4.74 Å². The maximum absolute atomic E-state index is 5.66. The van der Waals surface area contributed by atoms with Gasteiger partial charge in [-0.1, -0.05) is 0 Å². The highest BCUT2D eigenvalue weighted by molar-refractivity contribution is 4.88. The fourth-order valence-electron chi connectivity index (χ4n) is 2.50. The van der Waals surface area contributed by atoms with Crippen LogP contribution in [0.1, 0.15) is 26.2 Å². The molecule has 3 heteroatoms. The van der Waals surface area contributed by atoms with Crippen LogP contribution in [0.2, 0.25) is 0 Å². The van der Waals surface area contributed by atoms with Crippen LogP contribution in [0.3, 0.4) is 0 Å². The van der Waals surface area contributed by atoms with Crippen molar-refractivity contribution in [3.8, 4) is 0 Å². The van der Waals surface area contributed by atoms with Crippen LogP contribution in [-0.4, -0.2) is 50.3 Å². The molecule has 2 fully saturated rings. The van der Waals surface area contributed by atoms with Crippen molar-refractivity contribution in [2.45, 2.75) is 38.3 Å². The second-order valence-electron chi connectivity index (χ2n) is 5.03. The molecular weight excluding hydrogens is 188 g/mol. The molecular formula is C12H24N2O. The van der Waals surface area contributed by atoms with Gasteiger partial charge in [-0.3, -0.25) is 4.90 Å². The molecule has 0 amide bonds. The molecule has 1 N–H and O–H groups in total. The van der Waals surface area contributed by atoms with E-state index in [-0.39, 0.29) is 0 Å². The molecule has 15 heavy (non-hydrogen) atoms. The van der Waals surface area contributed by atoms with Crippen molar-refractivity contribution in [2.24, 2.45) is 5.92 Å². The van der Waals surface area contributed by atoms with E-state index >= 15 is 0 Å². The Morgan fingerprint density at radius 1 is 1.47 bits per heavy atom. The zero-order valence-electron chi connectivity index (χ0n) is 10.0. The summed E-state index contributed by atoms with van der Waals surface area (Å²) >= 11 is 0. The topological polar surface area (TPSA) is 24.5 Å². The SMILES string of the molecule is CNC(CN1CCCOC(C)C1)C1CC1. The number of likely N-dealkylation sites (N-methyl/N-ethyl adjacent to an activating group) is 1. The van der Waals surface area contributed by atoms with Crippen LogP contribution >= 0.6 is 0 Å². The monoisotopic (exact) mass is 212 g/mol. The minimum absolute atomic E-state index is 0.407. The zero-order valence-corrected chi connectivity index (χ0v) is 10.0. The van der Waals surface area contributed by atoms with Crippen molar-refractivity contribution in [3.63, 3.8) is 0 Å². The Bertz CT molecular complexity index is 194. The van der Waals surface area contributed by atoms with Gasteiger partial charge in [0.25, 0.3) is 0 Å². The van der Waals surface area contributed by atoms with Crippen molar-refractivity contribution in [3.05, 3.63) is 0 Å². The molecule has 1 saturated heterocycles. The van der Waals surface area contributed by atoms with Crippen molar-refractivity contribution >= 4 is 0 Å². The molecule has 2 atom stereocenters. The van der Waals surface area contributed by atoms with E-state index in [0.717, 1.165) is 19.1 Å². The average Bonchev–Trinajstić information content (AvgIpc) is 3.02. The molecule has 2 unspecified atom stereocenters. The molecule has 0 bridgehead atoms. The highest BCUT2D eigenvalue weighted by Crippen LogP contribution is 2.32. The van der Waals surface area contributed by atoms with Gasteiger partial charge in [-0.15, -0.1) is 0 Å². The molecule has 2 aliphatic rings. The molecule has 88 valence electrons. The first-order chi connectivity index (χ1) is 7.29. The van der Waals surface area contributed by atoms with Crippen LogP contribution in [0.5, 0.6) is 0 Å². The molecule has 3 nitrogen and oxygen atoms in total. The maximum atomic E-state index is 5.66. The standard InChI is InChI=1S/C12H24N2O/c1-10-8-14(6-3-7-15-10)9-12(13-2)11-4-5-11/h10-13H,3-9H2,1-2H3. The van der Waals surface area contributed by atoms with Crippen LogP contribution in [0.25, 0.3) is 0 Å². The van der Waals surface area contributed by atoms with Crippen molar-refractivity contribution in [1.29, 1.82) is 0 Å². The van der Waals surface area contributed by atoms with E-state index in [1.54, 1.807) is 0 Å². The molecule has 0 aromatic heterocycles. The fourth-order valence-corrected chi connectivity index (χ4v) is 2.50. The average molecular weight is 212 g/mol. The van der Waals surface area contributed by atoms with Crippen LogP contribution in [0.15, 0.2) is 0 Å². The summed E-state index contributed by atoms with van der Waals surface area (Å²) in [5.41, 5.74) is 0. The molecule has 1 aliphatic carbocycles. The summed E-state index contributed by atoms with van der Waals surface area (Å²) < 4.78 is 5.66. The van der Waals surface area contributed by atoms with E-state index < -0.39 is 0 Å². The van der Waals surface area contributed by atoms with E-state index in [1.165, 1.54) is 32.4 Å². The van der Waals surface area contributed by atoms with E-state index in [2.05, 4.69) is 24.2 Å². The summed E-state index contributed by atoms with van der Waals surface area (Å²) in [5.74, 6) is 0.939. The minimum Gasteiger partial charge on any atom is -0.377 e. The van der Waals surface area contributed by atoms with Crippen molar-refractivity contribution < 1.29 is 4.74 Å². The van der Waals surface area contributed by atoms with E-state index in [0.29, 0.717) is 12.1 Å². The van der Waals surface area contributed by atoms with Gasteiger partial charge in [-0.25, -0.2) is 0 Å². The molecule has 0 aromatic carbocycles. The normalized spacial score (nSPS) is 31.2. The van der Waals surface area contributed by atoms with Gasteiger partial charge in [0, 0.05) is 32.3 Å². The van der Waals surface area contributed by atoms with Gasteiger partial charge in [-0.05, 0) is 39.2 Å². The van der Waals surface area contributed by atoms with Gasteiger partial charge < -0.3 is 10.1 Å². The smallest absolute Gasteiger partial charge is 0.0673 e. The second-order valence-corrected chi connectivity index (χ2v) is 5.03. The molecule has 1 heterocycles. The van der Waals surface area contributed by atoms with Gasteiger partial charge >= 0.3 is 0 Å². The Morgan fingerprint density at radius 2 is 2.27 bits per heavy atom. The Hall–Kier alpha value is -0.120. The second kappa shape index (κ2) is 5.28. The fraction of sp³-hybridized carbons (Fsp3) is 1.00. The van der Waals surface area contributed by atoms with Crippen LogP contribution in [-0.2, 0) is 4.74 Å². The Labute approximate surface area is 93.2 Å². The number of ether oxygens (including phenoxy) is 1. The highest BCUT2D eigenvalue weighted by atomic mass is 16.5. The molecule has 0 spiro atoms. The number of nitrogens with one attached hydrogen (secondary N) is 1. The van der Waals surface area contributed by atoms with E-state index in [1.807, 2.05) is 0 Å². The Morgan fingerprint density at radius 3 is 2.93 bits per heavy atom. The number of hydrogen-bond acceptors (Lipinski definition) is 3. The summed E-state index contributed by atoms with van der Waals surface area (Å²) in [6.45, 7) is 6.63. The summed E-state index contributed by atoms with van der Waals surface area (Å²) in [6.07, 6.45) is 4.44. The predicted molar refractivity (Wildman–Crippen MR) is 62.0 cm³/mol. The lowest BCUT2D eigenvalue weighted by atomic mass is 10.1. The van der Waals surface area contributed by atoms with Crippen LogP contribution in [0, 0.1) is 5.92 Å². The van der Waals surface area contributed by atoms with E-state index in [9.17, 15) is 0 Å². The molecule has 1 aliphatic heterocycles.